The summed E-state index contributed by atoms with van der Waals surface area (Å²) in [5.41, 5.74) is -0.342. The molecule has 0 heterocycles. The lowest BCUT2D eigenvalue weighted by atomic mass is 9.91. The van der Waals surface area contributed by atoms with Crippen molar-refractivity contribution in [1.82, 2.24) is 0 Å². The maximum absolute atomic E-state index is 13.6. The molecule has 5 heteroatoms. The van der Waals surface area contributed by atoms with Crippen LogP contribution >= 0.6 is 0 Å². The zero-order valence-corrected chi connectivity index (χ0v) is 11.1. The van der Waals surface area contributed by atoms with Crippen molar-refractivity contribution < 1.29 is 18.3 Å². The Morgan fingerprint density at radius 3 is 2.19 bits per heavy atom. The number of nitriles is 1. The molecule has 0 saturated carbocycles. The van der Waals surface area contributed by atoms with Crippen LogP contribution in [0, 0.1) is 23.0 Å². The van der Waals surface area contributed by atoms with Gasteiger partial charge < -0.3 is 4.74 Å². The molecular weight excluding hydrogens is 276 g/mol. The quantitative estimate of drug-likeness (QED) is 0.809. The Morgan fingerprint density at radius 1 is 1.14 bits per heavy atom. The molecule has 0 aliphatic rings. The van der Waals surface area contributed by atoms with Crippen LogP contribution in [-0.4, -0.2) is 12.9 Å². The lowest BCUT2D eigenvalue weighted by molar-refractivity contribution is 0.0970. The van der Waals surface area contributed by atoms with Crippen molar-refractivity contribution in [1.29, 1.82) is 5.26 Å². The molecule has 2 aromatic rings. The van der Waals surface area contributed by atoms with E-state index in [1.54, 1.807) is 18.2 Å². The van der Waals surface area contributed by atoms with Crippen molar-refractivity contribution in [2.24, 2.45) is 0 Å². The average Bonchev–Trinajstić information content (AvgIpc) is 2.48. The van der Waals surface area contributed by atoms with Crippen LogP contribution in [0.2, 0.25) is 0 Å². The summed E-state index contributed by atoms with van der Waals surface area (Å²) in [4.78, 5) is 12.2. The van der Waals surface area contributed by atoms with Gasteiger partial charge in [0.15, 0.2) is 5.78 Å². The van der Waals surface area contributed by atoms with Crippen molar-refractivity contribution in [3.8, 4) is 11.8 Å². The summed E-state index contributed by atoms with van der Waals surface area (Å²) in [6, 6.07) is 11.1. The molecule has 2 aromatic carbocycles. The summed E-state index contributed by atoms with van der Waals surface area (Å²) in [6.45, 7) is 0. The number of benzene rings is 2. The van der Waals surface area contributed by atoms with Gasteiger partial charge in [-0.25, -0.2) is 8.78 Å². The van der Waals surface area contributed by atoms with Gasteiger partial charge in [0, 0.05) is 0 Å². The van der Waals surface area contributed by atoms with Gasteiger partial charge in [-0.2, -0.15) is 5.26 Å². The van der Waals surface area contributed by atoms with E-state index >= 15 is 0 Å². The van der Waals surface area contributed by atoms with Gasteiger partial charge >= 0.3 is 0 Å². The van der Waals surface area contributed by atoms with Gasteiger partial charge in [0.25, 0.3) is 0 Å². The molecule has 2 rings (SSSR count). The number of ether oxygens (including phenoxy) is 1. The van der Waals surface area contributed by atoms with E-state index in [-0.39, 0.29) is 0 Å². The first kappa shape index (κ1) is 14.7. The van der Waals surface area contributed by atoms with Crippen LogP contribution in [0.1, 0.15) is 21.8 Å². The molecule has 3 nitrogen and oxygen atoms in total. The first-order valence-corrected chi connectivity index (χ1v) is 6.10. The Hall–Kier alpha value is -2.74. The van der Waals surface area contributed by atoms with E-state index in [2.05, 4.69) is 0 Å². The summed E-state index contributed by atoms with van der Waals surface area (Å²) in [5.74, 6) is -3.58. The third-order valence-corrected chi connectivity index (χ3v) is 3.05. The average molecular weight is 287 g/mol. The summed E-state index contributed by atoms with van der Waals surface area (Å²) in [5, 5.41) is 9.17. The summed E-state index contributed by atoms with van der Waals surface area (Å²) < 4.78 is 32.3. The van der Waals surface area contributed by atoms with E-state index in [1.807, 2.05) is 0 Å². The van der Waals surface area contributed by atoms with Crippen molar-refractivity contribution in [3.63, 3.8) is 0 Å². The summed E-state index contributed by atoms with van der Waals surface area (Å²) >= 11 is 0. The Kier molecular flexibility index (Phi) is 4.29. The fourth-order valence-electron chi connectivity index (χ4n) is 1.96. The fourth-order valence-corrected chi connectivity index (χ4v) is 1.96. The maximum atomic E-state index is 13.6. The number of rotatable bonds is 4. The number of nitrogens with zero attached hydrogens (tertiary/aromatic N) is 1. The van der Waals surface area contributed by atoms with E-state index in [0.29, 0.717) is 11.3 Å². The highest BCUT2D eigenvalue weighted by atomic mass is 19.1. The molecule has 0 aliphatic carbocycles. The van der Waals surface area contributed by atoms with Gasteiger partial charge in [-0.1, -0.05) is 18.2 Å². The van der Waals surface area contributed by atoms with Gasteiger partial charge in [-0.15, -0.1) is 0 Å². The number of hydrogen-bond acceptors (Lipinski definition) is 3. The van der Waals surface area contributed by atoms with Gasteiger partial charge in [0.05, 0.1) is 18.7 Å². The number of halogens is 2. The molecule has 0 bridgehead atoms. The Balaban J connectivity index is 2.41. The Morgan fingerprint density at radius 2 is 1.71 bits per heavy atom. The SMILES string of the molecule is COc1ccc(C(C#N)C(=O)c2c(F)cccc2F)cc1. The lowest BCUT2D eigenvalue weighted by Crippen LogP contribution is -2.15. The highest BCUT2D eigenvalue weighted by Crippen LogP contribution is 2.25. The molecule has 21 heavy (non-hydrogen) atoms. The lowest BCUT2D eigenvalue weighted by Gasteiger charge is -2.10. The molecule has 0 aliphatic heterocycles. The highest BCUT2D eigenvalue weighted by molar-refractivity contribution is 6.03. The minimum atomic E-state index is -1.28. The first-order chi connectivity index (χ1) is 10.1. The molecular formula is C16H11F2NO2. The monoisotopic (exact) mass is 287 g/mol. The van der Waals surface area contributed by atoms with Gasteiger partial charge in [0.1, 0.15) is 23.3 Å². The third-order valence-electron chi connectivity index (χ3n) is 3.05. The standard InChI is InChI=1S/C16H11F2NO2/c1-21-11-7-5-10(6-8-11)12(9-19)16(20)15-13(17)3-2-4-14(15)18/h2-8,12H,1H3. The van der Waals surface area contributed by atoms with Crippen molar-refractivity contribution >= 4 is 5.78 Å². The minimum absolute atomic E-state index is 0.353. The van der Waals surface area contributed by atoms with Crippen LogP contribution < -0.4 is 4.74 Å². The van der Waals surface area contributed by atoms with E-state index in [4.69, 9.17) is 4.74 Å². The molecule has 0 aromatic heterocycles. The molecule has 1 atom stereocenters. The molecule has 0 fully saturated rings. The fraction of sp³-hybridized carbons (Fsp3) is 0.125. The second-order valence-electron chi connectivity index (χ2n) is 4.30. The largest absolute Gasteiger partial charge is 0.497 e. The van der Waals surface area contributed by atoms with Crippen LogP contribution in [0.4, 0.5) is 8.78 Å². The normalized spacial score (nSPS) is 11.5. The van der Waals surface area contributed by atoms with E-state index in [9.17, 15) is 18.8 Å². The van der Waals surface area contributed by atoms with Crippen LogP contribution in [0.25, 0.3) is 0 Å². The number of hydrogen-bond donors (Lipinski definition) is 0. The predicted octanol–water partition coefficient (Wildman–Crippen LogP) is 3.46. The molecule has 0 radical (unpaired) electrons. The Labute approximate surface area is 120 Å². The van der Waals surface area contributed by atoms with Gasteiger partial charge in [-0.05, 0) is 29.8 Å². The zero-order valence-electron chi connectivity index (χ0n) is 11.1. The molecule has 0 amide bonds. The van der Waals surface area contributed by atoms with Crippen LogP contribution in [0.5, 0.6) is 5.75 Å². The molecule has 1 unspecified atom stereocenters. The number of ketones is 1. The van der Waals surface area contributed by atoms with E-state index in [0.717, 1.165) is 18.2 Å². The first-order valence-electron chi connectivity index (χ1n) is 6.10. The maximum Gasteiger partial charge on any atom is 0.190 e. The predicted molar refractivity (Wildman–Crippen MR) is 72.0 cm³/mol. The summed E-state index contributed by atoms with van der Waals surface area (Å²) in [6.07, 6.45) is 0. The molecule has 0 N–H and O–H groups in total. The zero-order chi connectivity index (χ0) is 15.4. The van der Waals surface area contributed by atoms with Gasteiger partial charge in [0.2, 0.25) is 0 Å². The van der Waals surface area contributed by atoms with Crippen molar-refractivity contribution in [2.45, 2.75) is 5.92 Å². The minimum Gasteiger partial charge on any atom is -0.497 e. The smallest absolute Gasteiger partial charge is 0.190 e. The summed E-state index contributed by atoms with van der Waals surface area (Å²) in [7, 11) is 1.48. The topological polar surface area (TPSA) is 50.1 Å². The second kappa shape index (κ2) is 6.14. The number of methoxy groups -OCH3 is 1. The highest BCUT2D eigenvalue weighted by Gasteiger charge is 2.27. The van der Waals surface area contributed by atoms with Crippen LogP contribution in [-0.2, 0) is 0 Å². The third kappa shape index (κ3) is 2.90. The van der Waals surface area contributed by atoms with Crippen LogP contribution in [0.3, 0.4) is 0 Å². The molecule has 0 spiro atoms. The van der Waals surface area contributed by atoms with Crippen molar-refractivity contribution in [3.05, 3.63) is 65.2 Å². The molecule has 0 saturated heterocycles. The number of carbonyl (C=O) groups excluding carboxylic acids is 1. The molecule has 106 valence electrons. The van der Waals surface area contributed by atoms with E-state index < -0.39 is 28.9 Å². The van der Waals surface area contributed by atoms with Crippen LogP contribution in [0.15, 0.2) is 42.5 Å². The van der Waals surface area contributed by atoms with E-state index in [1.165, 1.54) is 19.2 Å². The number of carbonyl (C=O) groups is 1. The van der Waals surface area contributed by atoms with Crippen molar-refractivity contribution in [2.75, 3.05) is 7.11 Å². The number of Topliss-reactive ketones (excluding diaryl/α,β-unsaturated/α-hetero) is 1. The second-order valence-corrected chi connectivity index (χ2v) is 4.30. The Bertz CT molecular complexity index is 685. The van der Waals surface area contributed by atoms with Gasteiger partial charge in [-0.3, -0.25) is 4.79 Å².